The normalized spacial score (nSPS) is 12.9. The molecule has 1 heterocycles. The van der Waals surface area contributed by atoms with E-state index in [1.807, 2.05) is 26.0 Å². The summed E-state index contributed by atoms with van der Waals surface area (Å²) >= 11 is 1.54. The zero-order chi connectivity index (χ0) is 13.8. The maximum atomic E-state index is 5.98. The molecule has 2 rings (SSSR count). The lowest BCUT2D eigenvalue weighted by molar-refractivity contribution is 0.349. The molecule has 0 bridgehead atoms. The van der Waals surface area contributed by atoms with Gasteiger partial charge in [0.25, 0.3) is 5.22 Å². The average Bonchev–Trinajstić information content (AvgIpc) is 2.85. The van der Waals surface area contributed by atoms with E-state index in [0.717, 1.165) is 5.75 Å². The number of benzene rings is 1. The fourth-order valence-electron chi connectivity index (χ4n) is 1.61. The number of thioether (sulfide) groups is 1. The number of rotatable bonds is 5. The highest BCUT2D eigenvalue weighted by Gasteiger charge is 2.17. The standard InChI is InChI=1S/C14H19N3OS/c1-9(2)12(15)13-16-17-14(18-13)19-8-11-7-5-4-6-10(11)3/h4-7,9,12H,8,15H2,1-3H3/t12-/m1/s1. The average molecular weight is 277 g/mol. The van der Waals surface area contributed by atoms with Gasteiger partial charge in [-0.1, -0.05) is 49.9 Å². The highest BCUT2D eigenvalue weighted by atomic mass is 32.2. The van der Waals surface area contributed by atoms with Crippen LogP contribution in [0.5, 0.6) is 0 Å². The third-order valence-corrected chi connectivity index (χ3v) is 3.91. The highest BCUT2D eigenvalue weighted by molar-refractivity contribution is 7.98. The topological polar surface area (TPSA) is 64.9 Å². The van der Waals surface area contributed by atoms with Crippen LogP contribution < -0.4 is 5.73 Å². The van der Waals surface area contributed by atoms with Crippen molar-refractivity contribution in [3.63, 3.8) is 0 Å². The van der Waals surface area contributed by atoms with Crippen LogP contribution in [0.1, 0.15) is 36.9 Å². The van der Waals surface area contributed by atoms with Gasteiger partial charge in [-0.2, -0.15) is 0 Å². The molecule has 102 valence electrons. The van der Waals surface area contributed by atoms with Crippen molar-refractivity contribution in [1.82, 2.24) is 10.2 Å². The summed E-state index contributed by atoms with van der Waals surface area (Å²) < 4.78 is 5.58. The summed E-state index contributed by atoms with van der Waals surface area (Å²) in [5.74, 6) is 1.63. The minimum atomic E-state index is -0.194. The van der Waals surface area contributed by atoms with Crippen LogP contribution in [-0.2, 0) is 5.75 Å². The zero-order valence-electron chi connectivity index (χ0n) is 11.5. The van der Waals surface area contributed by atoms with Gasteiger partial charge in [0.15, 0.2) is 0 Å². The van der Waals surface area contributed by atoms with Gasteiger partial charge < -0.3 is 10.2 Å². The molecule has 1 aromatic heterocycles. The van der Waals surface area contributed by atoms with Crippen molar-refractivity contribution in [2.24, 2.45) is 11.7 Å². The van der Waals surface area contributed by atoms with Gasteiger partial charge >= 0.3 is 0 Å². The molecule has 5 heteroatoms. The van der Waals surface area contributed by atoms with Crippen molar-refractivity contribution in [3.8, 4) is 0 Å². The van der Waals surface area contributed by atoms with Crippen LogP contribution in [0.25, 0.3) is 0 Å². The van der Waals surface area contributed by atoms with E-state index in [2.05, 4.69) is 29.3 Å². The van der Waals surface area contributed by atoms with Gasteiger partial charge in [-0.25, -0.2) is 0 Å². The largest absolute Gasteiger partial charge is 0.414 e. The second-order valence-corrected chi connectivity index (χ2v) is 5.82. The van der Waals surface area contributed by atoms with Gasteiger partial charge in [0.05, 0.1) is 6.04 Å². The summed E-state index contributed by atoms with van der Waals surface area (Å²) in [5, 5.41) is 8.62. The van der Waals surface area contributed by atoms with E-state index in [-0.39, 0.29) is 12.0 Å². The maximum absolute atomic E-state index is 5.98. The Morgan fingerprint density at radius 1 is 1.26 bits per heavy atom. The molecule has 2 aromatic rings. The molecule has 0 saturated heterocycles. The highest BCUT2D eigenvalue weighted by Crippen LogP contribution is 2.25. The summed E-state index contributed by atoms with van der Waals surface area (Å²) in [4.78, 5) is 0. The van der Waals surface area contributed by atoms with E-state index in [9.17, 15) is 0 Å². The molecule has 0 radical (unpaired) electrons. The van der Waals surface area contributed by atoms with E-state index in [1.165, 1.54) is 11.1 Å². The van der Waals surface area contributed by atoms with Crippen LogP contribution in [-0.4, -0.2) is 10.2 Å². The van der Waals surface area contributed by atoms with Gasteiger partial charge in [0, 0.05) is 5.75 Å². The number of aryl methyl sites for hydroxylation is 1. The van der Waals surface area contributed by atoms with Crippen LogP contribution in [0, 0.1) is 12.8 Å². The lowest BCUT2D eigenvalue weighted by atomic mass is 10.1. The van der Waals surface area contributed by atoms with E-state index >= 15 is 0 Å². The fraction of sp³-hybridized carbons (Fsp3) is 0.429. The smallest absolute Gasteiger partial charge is 0.276 e. The van der Waals surface area contributed by atoms with Crippen molar-refractivity contribution in [3.05, 3.63) is 41.3 Å². The summed E-state index contributed by atoms with van der Waals surface area (Å²) in [6.07, 6.45) is 0. The SMILES string of the molecule is Cc1ccccc1CSc1nnc([C@H](N)C(C)C)o1. The quantitative estimate of drug-likeness (QED) is 0.849. The first-order chi connectivity index (χ1) is 9.08. The number of hydrogen-bond acceptors (Lipinski definition) is 5. The molecule has 4 nitrogen and oxygen atoms in total. The Morgan fingerprint density at radius 3 is 2.68 bits per heavy atom. The molecule has 0 aliphatic rings. The minimum Gasteiger partial charge on any atom is -0.414 e. The Morgan fingerprint density at radius 2 is 2.00 bits per heavy atom. The predicted molar refractivity (Wildman–Crippen MR) is 76.8 cm³/mol. The lowest BCUT2D eigenvalue weighted by Gasteiger charge is -2.09. The molecular formula is C14H19N3OS. The van der Waals surface area contributed by atoms with Gasteiger partial charge in [-0.05, 0) is 24.0 Å². The molecule has 0 aliphatic heterocycles. The van der Waals surface area contributed by atoms with Crippen molar-refractivity contribution >= 4 is 11.8 Å². The Bertz CT molecular complexity index is 539. The Labute approximate surface area is 117 Å². The van der Waals surface area contributed by atoms with E-state index in [0.29, 0.717) is 11.1 Å². The molecule has 0 saturated carbocycles. The molecular weight excluding hydrogens is 258 g/mol. The van der Waals surface area contributed by atoms with Crippen molar-refractivity contribution in [2.75, 3.05) is 0 Å². The molecule has 0 fully saturated rings. The molecule has 19 heavy (non-hydrogen) atoms. The monoisotopic (exact) mass is 277 g/mol. The van der Waals surface area contributed by atoms with Gasteiger partial charge in [0.1, 0.15) is 0 Å². The number of nitrogens with zero attached hydrogens (tertiary/aromatic N) is 2. The van der Waals surface area contributed by atoms with Crippen LogP contribution in [0.4, 0.5) is 0 Å². The summed E-state index contributed by atoms with van der Waals surface area (Å²) in [6.45, 7) is 6.17. The predicted octanol–water partition coefficient (Wildman–Crippen LogP) is 3.33. The second-order valence-electron chi connectivity index (χ2n) is 4.89. The van der Waals surface area contributed by atoms with Crippen LogP contribution in [0.3, 0.4) is 0 Å². The van der Waals surface area contributed by atoms with Gasteiger partial charge in [-0.3, -0.25) is 0 Å². The number of nitrogens with two attached hydrogens (primary N) is 1. The molecule has 0 amide bonds. The first kappa shape index (κ1) is 14.1. The molecule has 0 spiro atoms. The summed E-state index contributed by atoms with van der Waals surface area (Å²) in [5.41, 5.74) is 8.53. The van der Waals surface area contributed by atoms with Crippen LogP contribution >= 0.6 is 11.8 Å². The first-order valence-corrected chi connectivity index (χ1v) is 7.32. The van der Waals surface area contributed by atoms with Crippen LogP contribution in [0.2, 0.25) is 0 Å². The Kier molecular flexibility index (Phi) is 4.61. The molecule has 1 atom stereocenters. The summed E-state index contributed by atoms with van der Waals surface area (Å²) in [6, 6.07) is 8.09. The second kappa shape index (κ2) is 6.21. The Balaban J connectivity index is 1.99. The summed E-state index contributed by atoms with van der Waals surface area (Å²) in [7, 11) is 0. The van der Waals surface area contributed by atoms with Gasteiger partial charge in [-0.15, -0.1) is 10.2 Å². The maximum Gasteiger partial charge on any atom is 0.276 e. The van der Waals surface area contributed by atoms with Crippen molar-refractivity contribution < 1.29 is 4.42 Å². The fourth-order valence-corrected chi connectivity index (χ4v) is 2.46. The molecule has 0 aliphatic carbocycles. The third kappa shape index (κ3) is 3.58. The zero-order valence-corrected chi connectivity index (χ0v) is 12.3. The van der Waals surface area contributed by atoms with E-state index in [1.54, 1.807) is 11.8 Å². The van der Waals surface area contributed by atoms with Crippen molar-refractivity contribution in [1.29, 1.82) is 0 Å². The number of hydrogen-bond donors (Lipinski definition) is 1. The lowest BCUT2D eigenvalue weighted by Crippen LogP contribution is -2.16. The Hall–Kier alpha value is -1.33. The molecule has 1 aromatic carbocycles. The molecule has 0 unspecified atom stereocenters. The molecule has 2 N–H and O–H groups in total. The van der Waals surface area contributed by atoms with Crippen LogP contribution in [0.15, 0.2) is 33.9 Å². The minimum absolute atomic E-state index is 0.194. The van der Waals surface area contributed by atoms with E-state index < -0.39 is 0 Å². The van der Waals surface area contributed by atoms with E-state index in [4.69, 9.17) is 10.2 Å². The first-order valence-electron chi connectivity index (χ1n) is 6.34. The third-order valence-electron chi connectivity index (χ3n) is 3.04. The van der Waals surface area contributed by atoms with Crippen molar-refractivity contribution in [2.45, 2.75) is 37.8 Å². The van der Waals surface area contributed by atoms with Gasteiger partial charge in [0.2, 0.25) is 5.89 Å². The number of aromatic nitrogens is 2.